The molecule has 3 N–H and O–H groups in total. The molecule has 1 atom stereocenters. The van der Waals surface area contributed by atoms with Crippen LogP contribution < -0.4 is 15.4 Å². The summed E-state index contributed by atoms with van der Waals surface area (Å²) < 4.78 is 42.8. The van der Waals surface area contributed by atoms with Crippen LogP contribution in [0.3, 0.4) is 0 Å². The standard InChI is InChI=1S/C27H26F3N5O3/c1-34-15-18(13-32-34)22-12-21-23(9-8-20(26(31)37)25(21)33-22)35-10-2-3-16(14-35)11-24(36)17-4-6-19(7-5-17)38-27(28,29)30/h4-9,12-13,15-16,33H,2-3,10-11,14H2,1H3,(H2,31,37)/t16-/m0/s1. The van der Waals surface area contributed by atoms with Crippen LogP contribution in [0.5, 0.6) is 5.75 Å². The number of nitrogens with two attached hydrogens (primary N) is 1. The minimum atomic E-state index is -4.78. The molecule has 2 aromatic carbocycles. The number of Topliss-reactive ketones (excluding diaryl/α,β-unsaturated/α-hetero) is 1. The van der Waals surface area contributed by atoms with Gasteiger partial charge < -0.3 is 20.4 Å². The minimum absolute atomic E-state index is 0.0601. The SMILES string of the molecule is Cn1cc(-c2cc3c(N4CCC[C@@H](CC(=O)c5ccc(OC(F)(F)F)cc5)C4)ccc(C(N)=O)c3[nH]2)cn1. The highest BCUT2D eigenvalue weighted by Crippen LogP contribution is 2.36. The van der Waals surface area contributed by atoms with Gasteiger partial charge in [0.15, 0.2) is 5.78 Å². The van der Waals surface area contributed by atoms with Crippen LogP contribution in [0.1, 0.15) is 40.0 Å². The first-order valence-corrected chi connectivity index (χ1v) is 12.2. The Morgan fingerprint density at radius 1 is 1.18 bits per heavy atom. The Hall–Kier alpha value is -4.28. The Morgan fingerprint density at radius 3 is 2.61 bits per heavy atom. The second-order valence-electron chi connectivity index (χ2n) is 9.52. The molecule has 1 amide bonds. The molecule has 4 aromatic rings. The Kier molecular flexibility index (Phi) is 6.60. The van der Waals surface area contributed by atoms with Crippen molar-refractivity contribution in [3.05, 3.63) is 66.0 Å². The van der Waals surface area contributed by atoms with Crippen molar-refractivity contribution < 1.29 is 27.5 Å². The summed E-state index contributed by atoms with van der Waals surface area (Å²) in [4.78, 5) is 30.5. The first kappa shape index (κ1) is 25.4. The van der Waals surface area contributed by atoms with Crippen LogP contribution in [0.4, 0.5) is 18.9 Å². The molecule has 0 radical (unpaired) electrons. The number of ether oxygens (including phenoxy) is 1. The predicted octanol–water partition coefficient (Wildman–Crippen LogP) is 5.06. The molecule has 0 unspecified atom stereocenters. The van der Waals surface area contributed by atoms with E-state index >= 15 is 0 Å². The number of carbonyl (C=O) groups is 2. The van der Waals surface area contributed by atoms with Gasteiger partial charge >= 0.3 is 6.36 Å². The summed E-state index contributed by atoms with van der Waals surface area (Å²) in [6.07, 6.45) is 0.823. The number of aromatic nitrogens is 3. The van der Waals surface area contributed by atoms with Crippen molar-refractivity contribution in [3.63, 3.8) is 0 Å². The number of halogens is 3. The molecule has 0 aliphatic carbocycles. The minimum Gasteiger partial charge on any atom is -0.406 e. The van der Waals surface area contributed by atoms with Gasteiger partial charge in [-0.05, 0) is 61.2 Å². The average molecular weight is 526 g/mol. The van der Waals surface area contributed by atoms with Crippen LogP contribution in [0.2, 0.25) is 0 Å². The molecule has 0 bridgehead atoms. The van der Waals surface area contributed by atoms with E-state index in [1.807, 2.05) is 25.4 Å². The van der Waals surface area contributed by atoms with Gasteiger partial charge in [0.1, 0.15) is 5.75 Å². The van der Waals surface area contributed by atoms with E-state index < -0.39 is 12.3 Å². The van der Waals surface area contributed by atoms with Crippen molar-refractivity contribution in [2.75, 3.05) is 18.0 Å². The molecule has 5 rings (SSSR count). The van der Waals surface area contributed by atoms with Gasteiger partial charge in [-0.25, -0.2) is 0 Å². The van der Waals surface area contributed by atoms with E-state index in [0.29, 0.717) is 23.2 Å². The number of ketones is 1. The van der Waals surface area contributed by atoms with E-state index in [9.17, 15) is 22.8 Å². The van der Waals surface area contributed by atoms with E-state index in [-0.39, 0.29) is 23.9 Å². The van der Waals surface area contributed by atoms with Crippen molar-refractivity contribution in [3.8, 4) is 17.0 Å². The lowest BCUT2D eigenvalue weighted by atomic mass is 9.90. The van der Waals surface area contributed by atoms with Crippen LogP contribution >= 0.6 is 0 Å². The fourth-order valence-corrected chi connectivity index (χ4v) is 5.07. The van der Waals surface area contributed by atoms with Gasteiger partial charge in [-0.2, -0.15) is 5.10 Å². The zero-order valence-corrected chi connectivity index (χ0v) is 20.6. The number of primary amides is 1. The third-order valence-corrected chi connectivity index (χ3v) is 6.80. The molecule has 1 saturated heterocycles. The highest BCUT2D eigenvalue weighted by Gasteiger charge is 2.31. The lowest BCUT2D eigenvalue weighted by Crippen LogP contribution is -2.36. The number of fused-ring (bicyclic) bond motifs is 1. The van der Waals surface area contributed by atoms with Crippen LogP contribution in [-0.2, 0) is 7.05 Å². The molecule has 0 spiro atoms. The summed E-state index contributed by atoms with van der Waals surface area (Å²) in [7, 11) is 1.83. The molecule has 2 aromatic heterocycles. The molecule has 1 aliphatic rings. The summed E-state index contributed by atoms with van der Waals surface area (Å²) >= 11 is 0. The number of benzene rings is 2. The van der Waals surface area contributed by atoms with E-state index in [1.54, 1.807) is 16.9 Å². The number of anilines is 1. The first-order valence-electron chi connectivity index (χ1n) is 12.2. The Labute approximate surface area is 216 Å². The van der Waals surface area contributed by atoms with Gasteiger partial charge in [-0.15, -0.1) is 13.2 Å². The maximum absolute atomic E-state index is 12.9. The van der Waals surface area contributed by atoms with Gasteiger partial charge in [0.25, 0.3) is 5.91 Å². The van der Waals surface area contributed by atoms with E-state index in [2.05, 4.69) is 19.7 Å². The zero-order chi connectivity index (χ0) is 27.0. The number of piperidine rings is 1. The lowest BCUT2D eigenvalue weighted by Gasteiger charge is -2.34. The molecule has 8 nitrogen and oxygen atoms in total. The maximum Gasteiger partial charge on any atom is 0.573 e. The quantitative estimate of drug-likeness (QED) is 0.328. The highest BCUT2D eigenvalue weighted by molar-refractivity contribution is 6.10. The number of aryl methyl sites for hydroxylation is 1. The van der Waals surface area contributed by atoms with E-state index in [4.69, 9.17) is 5.73 Å². The Morgan fingerprint density at radius 2 is 1.95 bits per heavy atom. The summed E-state index contributed by atoms with van der Waals surface area (Å²) in [6.45, 7) is 1.41. The van der Waals surface area contributed by atoms with Crippen molar-refractivity contribution >= 4 is 28.3 Å². The van der Waals surface area contributed by atoms with Crippen molar-refractivity contribution in [1.29, 1.82) is 0 Å². The fraction of sp³-hybridized carbons (Fsp3) is 0.296. The van der Waals surface area contributed by atoms with Crippen molar-refractivity contribution in [2.24, 2.45) is 18.7 Å². The highest BCUT2D eigenvalue weighted by atomic mass is 19.4. The number of rotatable bonds is 7. The average Bonchev–Trinajstić information content (AvgIpc) is 3.49. The molecule has 1 fully saturated rings. The fourth-order valence-electron chi connectivity index (χ4n) is 5.07. The predicted molar refractivity (Wildman–Crippen MR) is 136 cm³/mol. The smallest absolute Gasteiger partial charge is 0.406 e. The summed E-state index contributed by atoms with van der Waals surface area (Å²) in [6, 6.07) is 10.6. The molecule has 11 heteroatoms. The van der Waals surface area contributed by atoms with Gasteiger partial charge in [0.2, 0.25) is 0 Å². The third-order valence-electron chi connectivity index (χ3n) is 6.80. The number of aromatic amines is 1. The van der Waals surface area contributed by atoms with Gasteiger partial charge in [0, 0.05) is 60.6 Å². The number of H-pyrrole nitrogens is 1. The number of nitrogens with zero attached hydrogens (tertiary/aromatic N) is 3. The number of carbonyl (C=O) groups excluding carboxylic acids is 2. The lowest BCUT2D eigenvalue weighted by molar-refractivity contribution is -0.274. The molecular formula is C27H26F3N5O3. The summed E-state index contributed by atoms with van der Waals surface area (Å²) in [5.41, 5.74) is 9.64. The number of hydrogen-bond acceptors (Lipinski definition) is 5. The summed E-state index contributed by atoms with van der Waals surface area (Å²) in [5.74, 6) is -0.969. The van der Waals surface area contributed by atoms with E-state index in [1.165, 1.54) is 12.1 Å². The van der Waals surface area contributed by atoms with Crippen LogP contribution in [0.25, 0.3) is 22.2 Å². The van der Waals surface area contributed by atoms with Crippen LogP contribution in [0, 0.1) is 5.92 Å². The second kappa shape index (κ2) is 9.88. The first-order chi connectivity index (χ1) is 18.1. The number of hydrogen-bond donors (Lipinski definition) is 2. The molecular weight excluding hydrogens is 499 g/mol. The normalized spacial score (nSPS) is 16.1. The monoisotopic (exact) mass is 525 g/mol. The van der Waals surface area contributed by atoms with Crippen molar-refractivity contribution in [2.45, 2.75) is 25.6 Å². The zero-order valence-electron chi connectivity index (χ0n) is 20.6. The molecule has 38 heavy (non-hydrogen) atoms. The van der Waals surface area contributed by atoms with Gasteiger partial charge in [0.05, 0.1) is 17.3 Å². The number of nitrogens with one attached hydrogen (secondary N) is 1. The van der Waals surface area contributed by atoms with Crippen LogP contribution in [-0.4, -0.2) is 45.9 Å². The molecule has 1 aliphatic heterocycles. The number of amides is 1. The summed E-state index contributed by atoms with van der Waals surface area (Å²) in [5, 5.41) is 5.08. The molecule has 3 heterocycles. The topological polar surface area (TPSA) is 106 Å². The van der Waals surface area contributed by atoms with Gasteiger partial charge in [-0.1, -0.05) is 0 Å². The second-order valence-corrected chi connectivity index (χ2v) is 9.52. The van der Waals surface area contributed by atoms with E-state index in [0.717, 1.165) is 53.9 Å². The third kappa shape index (κ3) is 5.36. The van der Waals surface area contributed by atoms with Crippen LogP contribution in [0.15, 0.2) is 54.9 Å². The molecule has 198 valence electrons. The maximum atomic E-state index is 12.9. The Bertz CT molecular complexity index is 1490. The Balaban J connectivity index is 1.36. The number of alkyl halides is 3. The van der Waals surface area contributed by atoms with Gasteiger partial charge in [-0.3, -0.25) is 14.3 Å². The largest absolute Gasteiger partial charge is 0.573 e. The van der Waals surface area contributed by atoms with Crippen molar-refractivity contribution in [1.82, 2.24) is 14.8 Å². The molecule has 0 saturated carbocycles.